The average Bonchev–Trinajstić information content (AvgIpc) is 2.90. The van der Waals surface area contributed by atoms with Gasteiger partial charge in [0.25, 0.3) is 0 Å². The minimum atomic E-state index is -0.374. The smallest absolute Gasteiger partial charge is 0.321 e. The highest BCUT2D eigenvalue weighted by Gasteiger charge is 2.22. The van der Waals surface area contributed by atoms with Crippen LogP contribution in [-0.4, -0.2) is 49.1 Å². The maximum absolute atomic E-state index is 11.9. The van der Waals surface area contributed by atoms with E-state index < -0.39 is 0 Å². The van der Waals surface area contributed by atoms with E-state index in [1.54, 1.807) is 0 Å². The lowest BCUT2D eigenvalue weighted by Crippen LogP contribution is -2.48. The first-order valence-electron chi connectivity index (χ1n) is 7.89. The van der Waals surface area contributed by atoms with Crippen LogP contribution in [-0.2, 0) is 4.79 Å². The largest absolute Gasteiger partial charge is 0.335 e. The number of carbonyl (C=O) groups is 2. The minimum Gasteiger partial charge on any atom is -0.335 e. The lowest BCUT2D eigenvalue weighted by molar-refractivity contribution is -0.121. The van der Waals surface area contributed by atoms with Crippen LogP contribution in [0.2, 0.25) is 0 Å². The third kappa shape index (κ3) is 6.91. The predicted octanol–water partition coefficient (Wildman–Crippen LogP) is 1.06. The number of carbonyl (C=O) groups excluding carboxylic acids is 2. The van der Waals surface area contributed by atoms with Crippen LogP contribution in [0.4, 0.5) is 4.79 Å². The van der Waals surface area contributed by atoms with E-state index >= 15 is 0 Å². The Morgan fingerprint density at radius 2 is 1.90 bits per heavy atom. The van der Waals surface area contributed by atoms with Crippen molar-refractivity contribution in [3.63, 3.8) is 0 Å². The maximum Gasteiger partial charge on any atom is 0.321 e. The number of imide groups is 1. The molecule has 0 aromatic heterocycles. The highest BCUT2D eigenvalue weighted by Crippen LogP contribution is 2.17. The fraction of sp³-hybridized carbons (Fsp3) is 0.867. The van der Waals surface area contributed by atoms with E-state index in [2.05, 4.69) is 24.5 Å². The molecule has 6 heteroatoms. The number of nitrogens with zero attached hydrogens (tertiary/aromatic N) is 1. The number of nitrogens with two attached hydrogens (primary N) is 1. The number of rotatable bonds is 7. The van der Waals surface area contributed by atoms with Gasteiger partial charge in [0, 0.05) is 12.6 Å². The van der Waals surface area contributed by atoms with Crippen LogP contribution < -0.4 is 16.4 Å². The Bertz CT molecular complexity index is 352. The Hall–Kier alpha value is -1.14. The lowest BCUT2D eigenvalue weighted by atomic mass is 9.93. The molecular formula is C15H30N4O2. The Morgan fingerprint density at radius 3 is 2.43 bits per heavy atom. The molecule has 122 valence electrons. The fourth-order valence-corrected chi connectivity index (χ4v) is 2.61. The SMILES string of the molecule is CCN(CC(=O)NC(=O)NC1CCCC1)CC(C)(C)CN. The van der Waals surface area contributed by atoms with Gasteiger partial charge >= 0.3 is 6.03 Å². The standard InChI is InChI=1S/C15H30N4O2/c1-4-19(11-15(2,3)10-16)9-13(20)18-14(21)17-12-7-5-6-8-12/h12H,4-11,16H2,1-3H3,(H2,17,18,20,21). The van der Waals surface area contributed by atoms with E-state index in [0.717, 1.165) is 38.8 Å². The third-order valence-electron chi connectivity index (χ3n) is 3.96. The molecule has 1 rings (SSSR count). The molecule has 0 heterocycles. The third-order valence-corrected chi connectivity index (χ3v) is 3.96. The van der Waals surface area contributed by atoms with Gasteiger partial charge in [0.1, 0.15) is 0 Å². The number of hydrogen-bond acceptors (Lipinski definition) is 4. The lowest BCUT2D eigenvalue weighted by Gasteiger charge is -2.30. The highest BCUT2D eigenvalue weighted by molar-refractivity contribution is 5.95. The topological polar surface area (TPSA) is 87.5 Å². The van der Waals surface area contributed by atoms with E-state index in [0.29, 0.717) is 6.54 Å². The van der Waals surface area contributed by atoms with Crippen molar-refractivity contribution in [2.45, 2.75) is 52.5 Å². The predicted molar refractivity (Wildman–Crippen MR) is 83.9 cm³/mol. The van der Waals surface area contributed by atoms with E-state index in [1.807, 2.05) is 11.8 Å². The Balaban J connectivity index is 2.34. The molecule has 0 radical (unpaired) electrons. The number of nitrogens with one attached hydrogen (secondary N) is 2. The summed E-state index contributed by atoms with van der Waals surface area (Å²) in [5.74, 6) is -0.264. The molecule has 0 aliphatic heterocycles. The zero-order valence-electron chi connectivity index (χ0n) is 13.6. The summed E-state index contributed by atoms with van der Waals surface area (Å²) >= 11 is 0. The summed E-state index contributed by atoms with van der Waals surface area (Å²) in [6.07, 6.45) is 4.31. The molecule has 21 heavy (non-hydrogen) atoms. The molecule has 0 atom stereocenters. The summed E-state index contributed by atoms with van der Waals surface area (Å²) in [6, 6.07) is -0.155. The van der Waals surface area contributed by atoms with E-state index in [-0.39, 0.29) is 29.9 Å². The molecule has 6 nitrogen and oxygen atoms in total. The molecule has 1 aliphatic carbocycles. The van der Waals surface area contributed by atoms with Crippen LogP contribution in [0.5, 0.6) is 0 Å². The minimum absolute atomic E-state index is 0.0393. The van der Waals surface area contributed by atoms with Crippen LogP contribution in [0, 0.1) is 5.41 Å². The zero-order valence-corrected chi connectivity index (χ0v) is 13.6. The summed E-state index contributed by atoms with van der Waals surface area (Å²) in [7, 11) is 0. The molecular weight excluding hydrogens is 268 g/mol. The second-order valence-electron chi connectivity index (χ2n) is 6.67. The van der Waals surface area contributed by atoms with Crippen molar-refractivity contribution in [2.24, 2.45) is 11.1 Å². The number of likely N-dealkylation sites (N-methyl/N-ethyl adjacent to an activating group) is 1. The maximum atomic E-state index is 11.9. The summed E-state index contributed by atoms with van der Waals surface area (Å²) in [4.78, 5) is 25.7. The molecule has 0 bridgehead atoms. The second kappa shape index (κ2) is 8.34. The van der Waals surface area contributed by atoms with Crippen LogP contribution in [0.3, 0.4) is 0 Å². The molecule has 1 saturated carbocycles. The van der Waals surface area contributed by atoms with Gasteiger partial charge in [-0.15, -0.1) is 0 Å². The van der Waals surface area contributed by atoms with Crippen LogP contribution in [0.15, 0.2) is 0 Å². The van der Waals surface area contributed by atoms with E-state index in [9.17, 15) is 9.59 Å². The second-order valence-corrected chi connectivity index (χ2v) is 6.67. The van der Waals surface area contributed by atoms with Gasteiger partial charge in [-0.2, -0.15) is 0 Å². The number of urea groups is 1. The number of amides is 3. The summed E-state index contributed by atoms with van der Waals surface area (Å²) in [5.41, 5.74) is 5.68. The van der Waals surface area contributed by atoms with Crippen molar-refractivity contribution in [1.29, 1.82) is 0 Å². The molecule has 0 saturated heterocycles. The van der Waals surface area contributed by atoms with Gasteiger partial charge in [0.2, 0.25) is 5.91 Å². The molecule has 4 N–H and O–H groups in total. The van der Waals surface area contributed by atoms with Gasteiger partial charge in [0.15, 0.2) is 0 Å². The molecule has 0 unspecified atom stereocenters. The molecule has 1 aliphatic rings. The van der Waals surface area contributed by atoms with Gasteiger partial charge < -0.3 is 11.1 Å². The van der Waals surface area contributed by atoms with Crippen molar-refractivity contribution < 1.29 is 9.59 Å². The van der Waals surface area contributed by atoms with Crippen molar-refractivity contribution in [2.75, 3.05) is 26.2 Å². The van der Waals surface area contributed by atoms with Crippen LogP contribution in [0.1, 0.15) is 46.5 Å². The summed E-state index contributed by atoms with van der Waals surface area (Å²) in [5, 5.41) is 5.26. The van der Waals surface area contributed by atoms with Crippen LogP contribution in [0.25, 0.3) is 0 Å². The molecule has 3 amide bonds. The quantitative estimate of drug-likeness (QED) is 0.656. The van der Waals surface area contributed by atoms with Gasteiger partial charge in [-0.1, -0.05) is 33.6 Å². The average molecular weight is 298 g/mol. The fourth-order valence-electron chi connectivity index (χ4n) is 2.61. The summed E-state index contributed by atoms with van der Waals surface area (Å²) < 4.78 is 0. The zero-order chi connectivity index (χ0) is 15.9. The highest BCUT2D eigenvalue weighted by atomic mass is 16.2. The first kappa shape index (κ1) is 17.9. The normalized spacial score (nSPS) is 16.2. The van der Waals surface area contributed by atoms with Gasteiger partial charge in [0.05, 0.1) is 6.54 Å². The van der Waals surface area contributed by atoms with Crippen molar-refractivity contribution in [3.05, 3.63) is 0 Å². The van der Waals surface area contributed by atoms with Gasteiger partial charge in [-0.25, -0.2) is 4.79 Å². The number of hydrogen-bond donors (Lipinski definition) is 3. The monoisotopic (exact) mass is 298 g/mol. The Morgan fingerprint density at radius 1 is 1.29 bits per heavy atom. The Labute approximate surface area is 127 Å². The van der Waals surface area contributed by atoms with E-state index in [1.165, 1.54) is 0 Å². The van der Waals surface area contributed by atoms with E-state index in [4.69, 9.17) is 5.73 Å². The van der Waals surface area contributed by atoms with Crippen molar-refractivity contribution in [1.82, 2.24) is 15.5 Å². The Kier molecular flexibility index (Phi) is 7.11. The molecule has 0 spiro atoms. The van der Waals surface area contributed by atoms with Crippen molar-refractivity contribution in [3.8, 4) is 0 Å². The molecule has 0 aromatic rings. The van der Waals surface area contributed by atoms with Crippen LogP contribution >= 0.6 is 0 Å². The summed E-state index contributed by atoms with van der Waals surface area (Å²) in [6.45, 7) is 8.41. The first-order chi connectivity index (χ1) is 9.86. The molecule has 0 aromatic carbocycles. The van der Waals surface area contributed by atoms with Gasteiger partial charge in [-0.05, 0) is 31.3 Å². The molecule has 1 fully saturated rings. The van der Waals surface area contributed by atoms with Gasteiger partial charge in [-0.3, -0.25) is 15.0 Å². The van der Waals surface area contributed by atoms with Crippen molar-refractivity contribution >= 4 is 11.9 Å². The first-order valence-corrected chi connectivity index (χ1v) is 7.89.